The quantitative estimate of drug-likeness (QED) is 0.885. The van der Waals surface area contributed by atoms with Crippen LogP contribution >= 0.6 is 11.3 Å². The first-order chi connectivity index (χ1) is 11.2. The molecule has 1 amide bonds. The minimum atomic E-state index is -0.0757. The Kier molecular flexibility index (Phi) is 3.95. The van der Waals surface area contributed by atoms with Crippen molar-refractivity contribution in [1.82, 2.24) is 20.4 Å². The first-order valence-electron chi connectivity index (χ1n) is 8.33. The van der Waals surface area contributed by atoms with Gasteiger partial charge in [-0.15, -0.1) is 11.3 Å². The van der Waals surface area contributed by atoms with E-state index in [1.54, 1.807) is 0 Å². The van der Waals surface area contributed by atoms with Crippen molar-refractivity contribution in [1.29, 1.82) is 0 Å². The molecule has 0 radical (unpaired) electrons. The van der Waals surface area contributed by atoms with Crippen molar-refractivity contribution in [3.05, 3.63) is 39.3 Å². The summed E-state index contributed by atoms with van der Waals surface area (Å²) in [5, 5.41) is 12.3. The van der Waals surface area contributed by atoms with E-state index in [1.807, 2.05) is 17.4 Å². The van der Waals surface area contributed by atoms with Crippen molar-refractivity contribution in [3.8, 4) is 0 Å². The third-order valence-corrected chi connectivity index (χ3v) is 5.89. The van der Waals surface area contributed by atoms with Gasteiger partial charge in [-0.1, -0.05) is 0 Å². The normalized spacial score (nSPS) is 19.3. The van der Waals surface area contributed by atoms with Crippen LogP contribution in [0.1, 0.15) is 52.3 Å². The number of hydrogen-bond donors (Lipinski definition) is 2. The number of nitrogens with zero attached hydrogens (tertiary/aromatic N) is 2. The molecule has 23 heavy (non-hydrogen) atoms. The lowest BCUT2D eigenvalue weighted by Crippen LogP contribution is -2.44. The fourth-order valence-electron chi connectivity index (χ4n) is 3.16. The number of H-pyrrole nitrogens is 1. The number of nitrogens with one attached hydrogen (secondary N) is 2. The monoisotopic (exact) mass is 330 g/mol. The summed E-state index contributed by atoms with van der Waals surface area (Å²) in [5.41, 5.74) is 3.06. The molecule has 2 N–H and O–H groups in total. The molecular formula is C17H22N4OS. The highest BCUT2D eigenvalue weighted by molar-refractivity contribution is 7.10. The van der Waals surface area contributed by atoms with Gasteiger partial charge in [-0.25, -0.2) is 0 Å². The predicted octanol–water partition coefficient (Wildman–Crippen LogP) is 2.53. The molecule has 0 bridgehead atoms. The molecule has 0 unspecified atom stereocenters. The van der Waals surface area contributed by atoms with E-state index in [9.17, 15) is 4.79 Å². The lowest BCUT2D eigenvalue weighted by atomic mass is 10.1. The standard InChI is InChI=1S/C17H22N4OS/c1-11(21-6-4-16-13(10-21)5-7-23-16)9-18-17(22)15-8-14(19-20-15)12-2-3-12/h5,7-8,11-12H,2-4,6,9-10H2,1H3,(H,18,22)(H,19,20)/t11-/m0/s1. The molecule has 122 valence electrons. The number of aromatic amines is 1. The molecule has 1 aliphatic heterocycles. The highest BCUT2D eigenvalue weighted by Crippen LogP contribution is 2.38. The number of rotatable bonds is 5. The zero-order valence-electron chi connectivity index (χ0n) is 13.3. The Labute approximate surface area is 140 Å². The molecule has 1 aliphatic carbocycles. The van der Waals surface area contributed by atoms with E-state index in [0.717, 1.165) is 25.2 Å². The molecule has 5 nitrogen and oxygen atoms in total. The van der Waals surface area contributed by atoms with E-state index in [0.29, 0.717) is 24.2 Å². The lowest BCUT2D eigenvalue weighted by Gasteiger charge is -2.32. The van der Waals surface area contributed by atoms with Crippen LogP contribution in [0.5, 0.6) is 0 Å². The molecule has 2 aromatic heterocycles. The predicted molar refractivity (Wildman–Crippen MR) is 90.8 cm³/mol. The van der Waals surface area contributed by atoms with Crippen LogP contribution in [0.25, 0.3) is 0 Å². The highest BCUT2D eigenvalue weighted by atomic mass is 32.1. The average molecular weight is 330 g/mol. The fourth-order valence-corrected chi connectivity index (χ4v) is 4.05. The largest absolute Gasteiger partial charge is 0.349 e. The van der Waals surface area contributed by atoms with Gasteiger partial charge in [0.25, 0.3) is 5.91 Å². The number of aromatic nitrogens is 2. The molecule has 2 aromatic rings. The summed E-state index contributed by atoms with van der Waals surface area (Å²) in [6.45, 7) is 4.89. The van der Waals surface area contributed by atoms with Gasteiger partial charge in [0.15, 0.2) is 0 Å². The molecule has 4 rings (SSSR count). The molecule has 1 atom stereocenters. The highest BCUT2D eigenvalue weighted by Gasteiger charge is 2.27. The molecular weight excluding hydrogens is 308 g/mol. The van der Waals surface area contributed by atoms with Crippen LogP contribution < -0.4 is 5.32 Å². The molecule has 0 saturated heterocycles. The fraction of sp³-hybridized carbons (Fsp3) is 0.529. The molecule has 6 heteroatoms. The van der Waals surface area contributed by atoms with E-state index in [1.165, 1.54) is 23.3 Å². The number of hydrogen-bond acceptors (Lipinski definition) is 4. The van der Waals surface area contributed by atoms with Gasteiger partial charge in [-0.2, -0.15) is 5.10 Å². The molecule has 1 saturated carbocycles. The second-order valence-corrected chi connectivity index (χ2v) is 7.63. The maximum absolute atomic E-state index is 12.2. The minimum Gasteiger partial charge on any atom is -0.349 e. The third-order valence-electron chi connectivity index (χ3n) is 4.87. The third kappa shape index (κ3) is 3.19. The Balaban J connectivity index is 1.30. The molecule has 2 aliphatic rings. The molecule has 1 fully saturated rings. The van der Waals surface area contributed by atoms with Gasteiger partial charge in [0.05, 0.1) is 0 Å². The summed E-state index contributed by atoms with van der Waals surface area (Å²) in [5.74, 6) is 0.518. The van der Waals surface area contributed by atoms with Gasteiger partial charge < -0.3 is 5.32 Å². The first kappa shape index (κ1) is 14.9. The van der Waals surface area contributed by atoms with Crippen molar-refractivity contribution in [2.24, 2.45) is 0 Å². The zero-order chi connectivity index (χ0) is 15.8. The van der Waals surface area contributed by atoms with E-state index < -0.39 is 0 Å². The Morgan fingerprint density at radius 2 is 2.43 bits per heavy atom. The van der Waals surface area contributed by atoms with Crippen molar-refractivity contribution in [3.63, 3.8) is 0 Å². The smallest absolute Gasteiger partial charge is 0.271 e. The Hall–Kier alpha value is -1.66. The Morgan fingerprint density at radius 3 is 3.26 bits per heavy atom. The van der Waals surface area contributed by atoms with Crippen LogP contribution in [0.4, 0.5) is 0 Å². The van der Waals surface area contributed by atoms with Crippen LogP contribution in [-0.4, -0.2) is 40.1 Å². The van der Waals surface area contributed by atoms with Crippen LogP contribution in [0.15, 0.2) is 17.5 Å². The first-order valence-corrected chi connectivity index (χ1v) is 9.21. The number of amides is 1. The topological polar surface area (TPSA) is 61.0 Å². The van der Waals surface area contributed by atoms with Gasteiger partial charge >= 0.3 is 0 Å². The summed E-state index contributed by atoms with van der Waals surface area (Å²) in [4.78, 5) is 16.2. The van der Waals surface area contributed by atoms with Gasteiger partial charge in [0, 0.05) is 42.2 Å². The summed E-state index contributed by atoms with van der Waals surface area (Å²) >= 11 is 1.86. The van der Waals surface area contributed by atoms with Crippen molar-refractivity contribution in [2.75, 3.05) is 13.1 Å². The second kappa shape index (κ2) is 6.09. The Morgan fingerprint density at radius 1 is 1.57 bits per heavy atom. The van der Waals surface area contributed by atoms with Crippen LogP contribution in [0.3, 0.4) is 0 Å². The summed E-state index contributed by atoms with van der Waals surface area (Å²) in [7, 11) is 0. The summed E-state index contributed by atoms with van der Waals surface area (Å²) in [6.07, 6.45) is 3.54. The number of fused-ring (bicyclic) bond motifs is 1. The maximum Gasteiger partial charge on any atom is 0.271 e. The minimum absolute atomic E-state index is 0.0757. The van der Waals surface area contributed by atoms with Crippen LogP contribution in [0.2, 0.25) is 0 Å². The van der Waals surface area contributed by atoms with Crippen molar-refractivity contribution in [2.45, 2.75) is 44.7 Å². The van der Waals surface area contributed by atoms with E-state index >= 15 is 0 Å². The number of carbonyl (C=O) groups is 1. The number of carbonyl (C=O) groups excluding carboxylic acids is 1. The Bertz CT molecular complexity index is 703. The van der Waals surface area contributed by atoms with Crippen LogP contribution in [0, 0.1) is 0 Å². The van der Waals surface area contributed by atoms with E-state index in [2.05, 4.69) is 38.8 Å². The van der Waals surface area contributed by atoms with Gasteiger partial charge in [-0.05, 0) is 49.3 Å². The van der Waals surface area contributed by atoms with E-state index in [4.69, 9.17) is 0 Å². The van der Waals surface area contributed by atoms with Gasteiger partial charge in [0.1, 0.15) is 5.69 Å². The SMILES string of the molecule is C[C@@H](CNC(=O)c1cc(C2CC2)[nH]n1)N1CCc2sccc2C1. The zero-order valence-corrected chi connectivity index (χ0v) is 14.2. The number of thiophene rings is 1. The van der Waals surface area contributed by atoms with Crippen LogP contribution in [-0.2, 0) is 13.0 Å². The maximum atomic E-state index is 12.2. The molecule has 3 heterocycles. The average Bonchev–Trinajstić information content (AvgIpc) is 3.12. The van der Waals surface area contributed by atoms with E-state index in [-0.39, 0.29) is 5.91 Å². The molecule has 0 aromatic carbocycles. The van der Waals surface area contributed by atoms with Gasteiger partial charge in [0.2, 0.25) is 0 Å². The summed E-state index contributed by atoms with van der Waals surface area (Å²) in [6, 6.07) is 4.45. The molecule has 0 spiro atoms. The van der Waals surface area contributed by atoms with Gasteiger partial charge in [-0.3, -0.25) is 14.8 Å². The van der Waals surface area contributed by atoms with Crippen molar-refractivity contribution >= 4 is 17.2 Å². The van der Waals surface area contributed by atoms with Crippen molar-refractivity contribution < 1.29 is 4.79 Å². The summed E-state index contributed by atoms with van der Waals surface area (Å²) < 4.78 is 0. The second-order valence-electron chi connectivity index (χ2n) is 6.63. The lowest BCUT2D eigenvalue weighted by molar-refractivity contribution is 0.0927.